The number of carbonyl (C=O) groups is 2. The average molecular weight is 304 g/mol. The van der Waals surface area contributed by atoms with E-state index in [-0.39, 0.29) is 24.1 Å². The van der Waals surface area contributed by atoms with Gasteiger partial charge in [0.25, 0.3) is 0 Å². The fraction of sp³-hybridized carbons (Fsp3) is 0.833. The SMILES string of the molecule is O=C(NCC1(C(=O)O)CCC1)NC1CCCS(=O)(=O)C1. The summed E-state index contributed by atoms with van der Waals surface area (Å²) in [4.78, 5) is 22.9. The van der Waals surface area contributed by atoms with Gasteiger partial charge >= 0.3 is 12.0 Å². The summed E-state index contributed by atoms with van der Waals surface area (Å²) in [6.45, 7) is 0.0909. The number of nitrogens with one attached hydrogen (secondary N) is 2. The van der Waals surface area contributed by atoms with E-state index in [1.54, 1.807) is 0 Å². The smallest absolute Gasteiger partial charge is 0.315 e. The van der Waals surface area contributed by atoms with Crippen molar-refractivity contribution in [3.05, 3.63) is 0 Å². The first kappa shape index (κ1) is 15.1. The van der Waals surface area contributed by atoms with Crippen LogP contribution in [0.25, 0.3) is 0 Å². The van der Waals surface area contributed by atoms with Crippen molar-refractivity contribution in [1.29, 1.82) is 0 Å². The van der Waals surface area contributed by atoms with Crippen LogP contribution in [0.3, 0.4) is 0 Å². The molecule has 8 heteroatoms. The molecule has 7 nitrogen and oxygen atoms in total. The van der Waals surface area contributed by atoms with Gasteiger partial charge in [0.05, 0.1) is 16.9 Å². The highest BCUT2D eigenvalue weighted by Gasteiger charge is 2.44. The van der Waals surface area contributed by atoms with Gasteiger partial charge in [-0.3, -0.25) is 4.79 Å². The molecular weight excluding hydrogens is 284 g/mol. The number of carbonyl (C=O) groups excluding carboxylic acids is 1. The second-order valence-corrected chi connectivity index (χ2v) is 7.95. The standard InChI is InChI=1S/C12H20N2O5S/c15-10(16)12(4-2-5-12)8-13-11(17)14-9-3-1-6-20(18,19)7-9/h9H,1-8H2,(H,15,16)(H2,13,14,17). The molecule has 2 fully saturated rings. The molecule has 20 heavy (non-hydrogen) atoms. The highest BCUT2D eigenvalue weighted by atomic mass is 32.2. The number of hydrogen-bond donors (Lipinski definition) is 3. The van der Waals surface area contributed by atoms with Crippen molar-refractivity contribution >= 4 is 21.8 Å². The summed E-state index contributed by atoms with van der Waals surface area (Å²) in [5.74, 6) is -0.747. The highest BCUT2D eigenvalue weighted by Crippen LogP contribution is 2.40. The first-order valence-corrected chi connectivity index (χ1v) is 8.63. The lowest BCUT2D eigenvalue weighted by Gasteiger charge is -2.37. The minimum absolute atomic E-state index is 0.0372. The quantitative estimate of drug-likeness (QED) is 0.683. The third-order valence-corrected chi connectivity index (χ3v) is 5.97. The molecule has 0 aromatic heterocycles. The van der Waals surface area contributed by atoms with Crippen molar-refractivity contribution < 1.29 is 23.1 Å². The molecule has 0 aromatic rings. The minimum Gasteiger partial charge on any atom is -0.481 e. The molecule has 1 saturated heterocycles. The molecule has 2 amide bonds. The molecule has 0 spiro atoms. The highest BCUT2D eigenvalue weighted by molar-refractivity contribution is 7.91. The van der Waals surface area contributed by atoms with Crippen LogP contribution in [0.5, 0.6) is 0 Å². The number of sulfone groups is 1. The van der Waals surface area contributed by atoms with Gasteiger partial charge in [0.2, 0.25) is 0 Å². The number of hydrogen-bond acceptors (Lipinski definition) is 4. The number of carboxylic acid groups (broad SMARTS) is 1. The molecule has 114 valence electrons. The van der Waals surface area contributed by atoms with Crippen LogP contribution in [-0.4, -0.2) is 49.6 Å². The van der Waals surface area contributed by atoms with Crippen molar-refractivity contribution in [1.82, 2.24) is 10.6 Å². The molecule has 2 aliphatic rings. The molecule has 1 heterocycles. The Hall–Kier alpha value is -1.31. The van der Waals surface area contributed by atoms with E-state index < -0.39 is 27.3 Å². The zero-order valence-electron chi connectivity index (χ0n) is 11.2. The minimum atomic E-state index is -3.06. The third kappa shape index (κ3) is 3.41. The fourth-order valence-electron chi connectivity index (χ4n) is 2.69. The Morgan fingerprint density at radius 2 is 1.95 bits per heavy atom. The summed E-state index contributed by atoms with van der Waals surface area (Å²) < 4.78 is 22.9. The van der Waals surface area contributed by atoms with Gasteiger partial charge in [0, 0.05) is 12.6 Å². The fourth-order valence-corrected chi connectivity index (χ4v) is 4.33. The van der Waals surface area contributed by atoms with Crippen LogP contribution in [0.4, 0.5) is 4.79 Å². The van der Waals surface area contributed by atoms with Gasteiger partial charge in [-0.05, 0) is 25.7 Å². The Labute approximate surface area is 118 Å². The van der Waals surface area contributed by atoms with E-state index in [4.69, 9.17) is 5.11 Å². The maximum atomic E-state index is 11.7. The van der Waals surface area contributed by atoms with E-state index >= 15 is 0 Å². The van der Waals surface area contributed by atoms with Crippen LogP contribution in [-0.2, 0) is 14.6 Å². The van der Waals surface area contributed by atoms with Gasteiger partial charge < -0.3 is 15.7 Å². The largest absolute Gasteiger partial charge is 0.481 e. The van der Waals surface area contributed by atoms with E-state index in [1.165, 1.54) is 0 Å². The van der Waals surface area contributed by atoms with E-state index in [1.807, 2.05) is 0 Å². The lowest BCUT2D eigenvalue weighted by atomic mass is 9.69. The first-order valence-electron chi connectivity index (χ1n) is 6.81. The summed E-state index contributed by atoms with van der Waals surface area (Å²) in [7, 11) is -3.06. The van der Waals surface area contributed by atoms with Crippen molar-refractivity contribution in [2.75, 3.05) is 18.1 Å². The molecule has 3 N–H and O–H groups in total. The van der Waals surface area contributed by atoms with Crippen molar-refractivity contribution in [2.24, 2.45) is 5.41 Å². The summed E-state index contributed by atoms with van der Waals surface area (Å²) in [5.41, 5.74) is -0.837. The maximum absolute atomic E-state index is 11.7. The number of urea groups is 1. The van der Waals surface area contributed by atoms with E-state index in [2.05, 4.69) is 10.6 Å². The summed E-state index contributed by atoms with van der Waals surface area (Å²) in [6, 6.07) is -0.865. The molecule has 1 aliphatic carbocycles. The summed E-state index contributed by atoms with van der Waals surface area (Å²) in [5, 5.41) is 14.3. The predicted octanol–water partition coefficient (Wildman–Crippen LogP) is 0.118. The Morgan fingerprint density at radius 3 is 2.45 bits per heavy atom. The number of aliphatic carboxylic acids is 1. The molecule has 0 aromatic carbocycles. The number of amides is 2. The van der Waals surface area contributed by atoms with Crippen molar-refractivity contribution in [2.45, 2.75) is 38.1 Å². The van der Waals surface area contributed by atoms with Crippen LogP contribution in [0.15, 0.2) is 0 Å². The molecular formula is C12H20N2O5S. The molecule has 1 atom stereocenters. The average Bonchev–Trinajstić information content (AvgIpc) is 2.25. The van der Waals surface area contributed by atoms with Crippen molar-refractivity contribution in [3.8, 4) is 0 Å². The lowest BCUT2D eigenvalue weighted by Crippen LogP contribution is -2.52. The maximum Gasteiger partial charge on any atom is 0.315 e. The van der Waals surface area contributed by atoms with Gasteiger partial charge in [0.1, 0.15) is 0 Å². The van der Waals surface area contributed by atoms with Crippen LogP contribution in [0.1, 0.15) is 32.1 Å². The van der Waals surface area contributed by atoms with E-state index in [0.29, 0.717) is 25.7 Å². The summed E-state index contributed by atoms with van der Waals surface area (Å²) >= 11 is 0. The van der Waals surface area contributed by atoms with Crippen LogP contribution >= 0.6 is 0 Å². The van der Waals surface area contributed by atoms with Gasteiger partial charge in [-0.2, -0.15) is 0 Å². The summed E-state index contributed by atoms with van der Waals surface area (Å²) in [6.07, 6.45) is 3.18. The lowest BCUT2D eigenvalue weighted by molar-refractivity contribution is -0.153. The van der Waals surface area contributed by atoms with Gasteiger partial charge in [-0.15, -0.1) is 0 Å². The second-order valence-electron chi connectivity index (χ2n) is 5.72. The number of rotatable bonds is 4. The first-order chi connectivity index (χ1) is 9.33. The Morgan fingerprint density at radius 1 is 1.25 bits per heavy atom. The van der Waals surface area contributed by atoms with E-state index in [9.17, 15) is 18.0 Å². The topological polar surface area (TPSA) is 113 Å². The molecule has 0 radical (unpaired) electrons. The predicted molar refractivity (Wildman–Crippen MR) is 72.1 cm³/mol. The van der Waals surface area contributed by atoms with E-state index in [0.717, 1.165) is 6.42 Å². The molecule has 1 unspecified atom stereocenters. The number of carboxylic acids is 1. The second kappa shape index (κ2) is 5.59. The van der Waals surface area contributed by atoms with Crippen LogP contribution in [0, 0.1) is 5.41 Å². The third-order valence-electron chi connectivity index (χ3n) is 4.15. The Bertz CT molecular complexity index is 498. The van der Waals surface area contributed by atoms with Gasteiger partial charge in [-0.25, -0.2) is 13.2 Å². The molecule has 2 rings (SSSR count). The van der Waals surface area contributed by atoms with Gasteiger partial charge in [-0.1, -0.05) is 6.42 Å². The molecule has 0 bridgehead atoms. The van der Waals surface area contributed by atoms with Crippen LogP contribution in [0.2, 0.25) is 0 Å². The zero-order valence-corrected chi connectivity index (χ0v) is 12.0. The molecule has 1 saturated carbocycles. The van der Waals surface area contributed by atoms with Crippen LogP contribution < -0.4 is 10.6 Å². The Kier molecular flexibility index (Phi) is 4.22. The van der Waals surface area contributed by atoms with Gasteiger partial charge in [0.15, 0.2) is 9.84 Å². The normalized spacial score (nSPS) is 27.1. The zero-order chi connectivity index (χ0) is 14.8. The van der Waals surface area contributed by atoms with Crippen molar-refractivity contribution in [3.63, 3.8) is 0 Å². The monoisotopic (exact) mass is 304 g/mol. The Balaban J connectivity index is 1.80. The molecule has 1 aliphatic heterocycles.